The van der Waals surface area contributed by atoms with E-state index >= 15 is 0 Å². The molecule has 0 saturated carbocycles. The predicted octanol–water partition coefficient (Wildman–Crippen LogP) is 2.36. The highest BCUT2D eigenvalue weighted by atomic mass is 19.1. The molecule has 1 aliphatic heterocycles. The van der Waals surface area contributed by atoms with Gasteiger partial charge in [-0.1, -0.05) is 18.2 Å². The number of aromatic nitrogens is 2. The molecule has 0 saturated heterocycles. The molecule has 1 aliphatic rings. The van der Waals surface area contributed by atoms with Crippen molar-refractivity contribution in [3.05, 3.63) is 75.6 Å². The molecule has 1 aromatic carbocycles. The standard InChI is InChI=1S/C21H20FN3O3/c1-28-18-5-3-2-4-14(18)6-9-20(26)24-11-10-17-16(13-24)21(27)25-12-15(22)7-8-19(25)23-17/h2-5,7-8,12H,6,9-11,13H2,1H3. The van der Waals surface area contributed by atoms with Gasteiger partial charge in [0.1, 0.15) is 17.2 Å². The molecule has 0 bridgehead atoms. The van der Waals surface area contributed by atoms with E-state index in [9.17, 15) is 14.0 Å². The Morgan fingerprint density at radius 2 is 2.07 bits per heavy atom. The first kappa shape index (κ1) is 18.2. The van der Waals surface area contributed by atoms with Gasteiger partial charge in [-0.2, -0.15) is 0 Å². The molecule has 28 heavy (non-hydrogen) atoms. The minimum Gasteiger partial charge on any atom is -0.496 e. The molecule has 0 spiro atoms. The summed E-state index contributed by atoms with van der Waals surface area (Å²) in [6.07, 6.45) is 2.53. The number of benzene rings is 1. The van der Waals surface area contributed by atoms with E-state index in [0.717, 1.165) is 17.5 Å². The minimum absolute atomic E-state index is 0.0275. The second-order valence-corrected chi connectivity index (χ2v) is 6.79. The van der Waals surface area contributed by atoms with Gasteiger partial charge in [0.2, 0.25) is 5.91 Å². The fourth-order valence-electron chi connectivity index (χ4n) is 3.59. The van der Waals surface area contributed by atoms with E-state index < -0.39 is 5.82 Å². The number of hydrogen-bond donors (Lipinski definition) is 0. The molecule has 1 amide bonds. The van der Waals surface area contributed by atoms with Gasteiger partial charge in [-0.25, -0.2) is 9.37 Å². The number of amides is 1. The van der Waals surface area contributed by atoms with Crippen LogP contribution in [-0.4, -0.2) is 33.8 Å². The van der Waals surface area contributed by atoms with Gasteiger partial charge in [0.25, 0.3) is 5.56 Å². The predicted molar refractivity (Wildman–Crippen MR) is 102 cm³/mol. The summed E-state index contributed by atoms with van der Waals surface area (Å²) in [6, 6.07) is 10.4. The smallest absolute Gasteiger partial charge is 0.263 e. The molecule has 0 unspecified atom stereocenters. The van der Waals surface area contributed by atoms with E-state index in [2.05, 4.69) is 4.98 Å². The van der Waals surface area contributed by atoms with Crippen molar-refractivity contribution in [3.63, 3.8) is 0 Å². The summed E-state index contributed by atoms with van der Waals surface area (Å²) in [5, 5.41) is 0. The zero-order chi connectivity index (χ0) is 19.7. The van der Waals surface area contributed by atoms with Crippen LogP contribution in [0.2, 0.25) is 0 Å². The number of carbonyl (C=O) groups excluding carboxylic acids is 1. The third-order valence-electron chi connectivity index (χ3n) is 5.09. The highest BCUT2D eigenvalue weighted by Gasteiger charge is 2.25. The van der Waals surface area contributed by atoms with Crippen LogP contribution in [0.5, 0.6) is 5.75 Å². The van der Waals surface area contributed by atoms with E-state index in [4.69, 9.17) is 4.74 Å². The third-order valence-corrected chi connectivity index (χ3v) is 5.09. The number of pyridine rings is 1. The normalized spacial score (nSPS) is 13.4. The molecular weight excluding hydrogens is 361 g/mol. The molecule has 2 aromatic heterocycles. The van der Waals surface area contributed by atoms with Crippen molar-refractivity contribution >= 4 is 11.6 Å². The quantitative estimate of drug-likeness (QED) is 0.696. The first-order chi connectivity index (χ1) is 13.6. The van der Waals surface area contributed by atoms with Gasteiger partial charge in [0.15, 0.2) is 0 Å². The zero-order valence-electron chi connectivity index (χ0n) is 15.5. The molecule has 3 aromatic rings. The van der Waals surface area contributed by atoms with Gasteiger partial charge in [-0.05, 0) is 30.2 Å². The number of rotatable bonds is 4. The van der Waals surface area contributed by atoms with Gasteiger partial charge >= 0.3 is 0 Å². The van der Waals surface area contributed by atoms with Crippen LogP contribution < -0.4 is 10.3 Å². The fourth-order valence-corrected chi connectivity index (χ4v) is 3.59. The SMILES string of the molecule is COc1ccccc1CCC(=O)N1CCc2nc3ccc(F)cn3c(=O)c2C1. The number of methoxy groups -OCH3 is 1. The number of nitrogens with zero attached hydrogens (tertiary/aromatic N) is 3. The van der Waals surface area contributed by atoms with Crippen molar-refractivity contribution in [2.24, 2.45) is 0 Å². The number of carbonyl (C=O) groups is 1. The van der Waals surface area contributed by atoms with Crippen LogP contribution in [0.15, 0.2) is 47.4 Å². The number of fused-ring (bicyclic) bond motifs is 2. The summed E-state index contributed by atoms with van der Waals surface area (Å²) in [4.78, 5) is 31.6. The van der Waals surface area contributed by atoms with Crippen LogP contribution in [0.3, 0.4) is 0 Å². The van der Waals surface area contributed by atoms with Crippen molar-refractivity contribution in [3.8, 4) is 5.75 Å². The van der Waals surface area contributed by atoms with Crippen LogP contribution in [0.25, 0.3) is 5.65 Å². The van der Waals surface area contributed by atoms with Gasteiger partial charge in [0.05, 0.1) is 24.9 Å². The van der Waals surface area contributed by atoms with E-state index in [1.54, 1.807) is 12.0 Å². The zero-order valence-corrected chi connectivity index (χ0v) is 15.5. The lowest BCUT2D eigenvalue weighted by Crippen LogP contribution is -2.40. The Bertz CT molecular complexity index is 1110. The Morgan fingerprint density at radius 1 is 1.25 bits per heavy atom. The molecule has 4 rings (SSSR count). The van der Waals surface area contributed by atoms with Crippen molar-refractivity contribution in [2.45, 2.75) is 25.8 Å². The second kappa shape index (κ2) is 7.42. The molecule has 144 valence electrons. The third kappa shape index (κ3) is 3.35. The minimum atomic E-state index is -0.503. The Kier molecular flexibility index (Phi) is 4.81. The summed E-state index contributed by atoms with van der Waals surface area (Å²) < 4.78 is 20.0. The van der Waals surface area contributed by atoms with Crippen LogP contribution in [0, 0.1) is 5.82 Å². The average Bonchev–Trinajstić information content (AvgIpc) is 2.72. The number of hydrogen-bond acceptors (Lipinski definition) is 4. The molecule has 0 fully saturated rings. The molecule has 0 aliphatic carbocycles. The number of aryl methyl sites for hydroxylation is 1. The van der Waals surface area contributed by atoms with E-state index in [0.29, 0.717) is 42.7 Å². The molecule has 7 heteroatoms. The first-order valence-electron chi connectivity index (χ1n) is 9.16. The van der Waals surface area contributed by atoms with Gasteiger partial charge in [-0.3, -0.25) is 14.0 Å². The summed E-state index contributed by atoms with van der Waals surface area (Å²) in [6.45, 7) is 0.715. The molecule has 0 atom stereocenters. The summed E-state index contributed by atoms with van der Waals surface area (Å²) >= 11 is 0. The van der Waals surface area contributed by atoms with Gasteiger partial charge in [-0.15, -0.1) is 0 Å². The maximum Gasteiger partial charge on any atom is 0.263 e. The van der Waals surface area contributed by atoms with Crippen LogP contribution in [0.1, 0.15) is 23.2 Å². The van der Waals surface area contributed by atoms with Gasteiger partial charge in [0, 0.05) is 25.6 Å². The molecular formula is C21H20FN3O3. The monoisotopic (exact) mass is 381 g/mol. The van der Waals surface area contributed by atoms with Crippen molar-refractivity contribution in [1.29, 1.82) is 0 Å². The molecule has 6 nitrogen and oxygen atoms in total. The first-order valence-corrected chi connectivity index (χ1v) is 9.16. The average molecular weight is 381 g/mol. The van der Waals surface area contributed by atoms with Crippen LogP contribution >= 0.6 is 0 Å². The van der Waals surface area contributed by atoms with Crippen molar-refractivity contribution in [2.75, 3.05) is 13.7 Å². The number of halogens is 1. The summed E-state index contributed by atoms with van der Waals surface area (Å²) in [7, 11) is 1.61. The number of para-hydroxylation sites is 1. The Labute approximate surface area is 161 Å². The van der Waals surface area contributed by atoms with Gasteiger partial charge < -0.3 is 9.64 Å². The lowest BCUT2D eigenvalue weighted by Gasteiger charge is -2.28. The molecule has 3 heterocycles. The fraction of sp³-hybridized carbons (Fsp3) is 0.286. The van der Waals surface area contributed by atoms with Crippen LogP contribution in [-0.2, 0) is 24.2 Å². The lowest BCUT2D eigenvalue weighted by molar-refractivity contribution is -0.132. The molecule has 0 radical (unpaired) electrons. The maximum absolute atomic E-state index is 13.5. The lowest BCUT2D eigenvalue weighted by atomic mass is 10.0. The van der Waals surface area contributed by atoms with Crippen LogP contribution in [0.4, 0.5) is 4.39 Å². The van der Waals surface area contributed by atoms with Crippen molar-refractivity contribution < 1.29 is 13.9 Å². The maximum atomic E-state index is 13.5. The Morgan fingerprint density at radius 3 is 2.89 bits per heavy atom. The highest BCUT2D eigenvalue weighted by Crippen LogP contribution is 2.21. The number of ether oxygens (including phenoxy) is 1. The summed E-state index contributed by atoms with van der Waals surface area (Å²) in [5.74, 6) is 0.229. The molecule has 0 N–H and O–H groups in total. The van der Waals surface area contributed by atoms with E-state index in [-0.39, 0.29) is 18.0 Å². The van der Waals surface area contributed by atoms with Crippen molar-refractivity contribution in [1.82, 2.24) is 14.3 Å². The Balaban J connectivity index is 1.53. The Hall–Kier alpha value is -3.22. The topological polar surface area (TPSA) is 63.9 Å². The highest BCUT2D eigenvalue weighted by molar-refractivity contribution is 5.77. The summed E-state index contributed by atoms with van der Waals surface area (Å²) in [5.41, 5.74) is 2.21. The second-order valence-electron chi connectivity index (χ2n) is 6.79. The van der Waals surface area contributed by atoms with E-state index in [1.807, 2.05) is 24.3 Å². The largest absolute Gasteiger partial charge is 0.496 e. The van der Waals surface area contributed by atoms with E-state index in [1.165, 1.54) is 16.5 Å².